The van der Waals surface area contributed by atoms with Crippen LogP contribution in [-0.2, 0) is 30.1 Å². The van der Waals surface area contributed by atoms with Gasteiger partial charge in [-0.25, -0.2) is 19.2 Å². The van der Waals surface area contributed by atoms with Gasteiger partial charge in [0, 0.05) is 19.1 Å². The molecule has 3 amide bonds. The lowest BCUT2D eigenvalue weighted by molar-refractivity contribution is -0.0519. The highest BCUT2D eigenvalue weighted by molar-refractivity contribution is 5.71. The predicted molar refractivity (Wildman–Crippen MR) is 169 cm³/mol. The summed E-state index contributed by atoms with van der Waals surface area (Å²) in [7, 11) is 1.57. The Balaban J connectivity index is 1.78. The van der Waals surface area contributed by atoms with Crippen LogP contribution in [0.25, 0.3) is 0 Å². The van der Waals surface area contributed by atoms with Crippen LogP contribution in [0.15, 0.2) is 24.3 Å². The number of amides is 3. The van der Waals surface area contributed by atoms with Crippen molar-refractivity contribution in [2.75, 3.05) is 26.7 Å². The maximum atomic E-state index is 13.4. The molecule has 258 valence electrons. The molecule has 13 nitrogen and oxygen atoms in total. The van der Waals surface area contributed by atoms with E-state index >= 15 is 0 Å². The van der Waals surface area contributed by atoms with E-state index < -0.39 is 53.4 Å². The summed E-state index contributed by atoms with van der Waals surface area (Å²) in [6.07, 6.45) is -3.26. The fraction of sp³-hybridized carbons (Fsp3) is 0.697. The number of nitrogens with one attached hydrogen (secondary N) is 1. The Kier molecular flexibility index (Phi) is 11.7. The van der Waals surface area contributed by atoms with E-state index in [0.29, 0.717) is 18.7 Å². The molecule has 0 spiro atoms. The zero-order valence-corrected chi connectivity index (χ0v) is 28.8. The van der Waals surface area contributed by atoms with Gasteiger partial charge in [0.15, 0.2) is 12.2 Å². The maximum absolute atomic E-state index is 13.4. The summed E-state index contributed by atoms with van der Waals surface area (Å²) in [4.78, 5) is 54.9. The Morgan fingerprint density at radius 3 is 1.87 bits per heavy atom. The van der Waals surface area contributed by atoms with Gasteiger partial charge >= 0.3 is 24.4 Å². The zero-order chi connectivity index (χ0) is 34.4. The molecule has 46 heavy (non-hydrogen) atoms. The normalized spacial score (nSPS) is 21.5. The van der Waals surface area contributed by atoms with Gasteiger partial charge in [0.25, 0.3) is 0 Å². The van der Waals surface area contributed by atoms with Gasteiger partial charge in [0.2, 0.25) is 0 Å². The lowest BCUT2D eigenvalue weighted by Crippen LogP contribution is -2.53. The van der Waals surface area contributed by atoms with E-state index in [1.54, 1.807) is 65.7 Å². The highest BCUT2D eigenvalue weighted by Gasteiger charge is 2.50. The summed E-state index contributed by atoms with van der Waals surface area (Å²) in [5.74, 6) is 0.661. The Morgan fingerprint density at radius 2 is 1.37 bits per heavy atom. The van der Waals surface area contributed by atoms with E-state index in [0.717, 1.165) is 12.0 Å². The fourth-order valence-corrected chi connectivity index (χ4v) is 5.08. The minimum absolute atomic E-state index is 0.0737. The number of hydrogen-bond acceptors (Lipinski definition) is 10. The number of benzene rings is 1. The van der Waals surface area contributed by atoms with Crippen LogP contribution in [0.5, 0.6) is 5.75 Å². The van der Waals surface area contributed by atoms with Crippen LogP contribution in [0.1, 0.15) is 80.7 Å². The Morgan fingerprint density at radius 1 is 0.804 bits per heavy atom. The summed E-state index contributed by atoms with van der Waals surface area (Å²) in [5.41, 5.74) is -1.40. The summed E-state index contributed by atoms with van der Waals surface area (Å²) in [5, 5.41) is 2.75. The van der Waals surface area contributed by atoms with Gasteiger partial charge in [0.05, 0.1) is 19.7 Å². The lowest BCUT2D eigenvalue weighted by Gasteiger charge is -2.41. The molecule has 2 saturated heterocycles. The van der Waals surface area contributed by atoms with E-state index in [2.05, 4.69) is 5.32 Å². The van der Waals surface area contributed by atoms with Crippen LogP contribution in [0.3, 0.4) is 0 Å². The summed E-state index contributed by atoms with van der Waals surface area (Å²) >= 11 is 0. The SMILES string of the molecule is COc1ccc(C[C@@H]2[C@H](OC(=O)NCC[C@@H]3CCN3C(=O)OC(C)(C)C)[C@@H](OC(=O)OC(C)(C)C)CN2C(=O)OC(C)(C)C)cc1. The topological polar surface area (TPSA) is 142 Å². The molecule has 2 heterocycles. The molecule has 0 aliphatic carbocycles. The molecule has 0 radical (unpaired) electrons. The summed E-state index contributed by atoms with van der Waals surface area (Å²) < 4.78 is 33.4. The van der Waals surface area contributed by atoms with E-state index in [9.17, 15) is 19.2 Å². The third kappa shape index (κ3) is 11.2. The summed E-state index contributed by atoms with van der Waals surface area (Å²) in [6.45, 7) is 16.5. The zero-order valence-electron chi connectivity index (χ0n) is 28.8. The third-order valence-corrected chi connectivity index (χ3v) is 7.15. The first-order valence-electron chi connectivity index (χ1n) is 15.7. The highest BCUT2D eigenvalue weighted by Crippen LogP contribution is 2.30. The largest absolute Gasteiger partial charge is 0.509 e. The smallest absolute Gasteiger partial charge is 0.497 e. The molecular formula is C33H51N3O10. The first-order valence-corrected chi connectivity index (χ1v) is 15.7. The number of alkyl carbamates (subject to hydrolysis) is 1. The van der Waals surface area contributed by atoms with Gasteiger partial charge in [-0.2, -0.15) is 0 Å². The van der Waals surface area contributed by atoms with Crippen molar-refractivity contribution in [2.24, 2.45) is 0 Å². The second-order valence-corrected chi connectivity index (χ2v) is 14.6. The van der Waals surface area contributed by atoms with Gasteiger partial charge in [-0.3, -0.25) is 4.90 Å². The number of carbonyl (C=O) groups is 4. The average molecular weight is 650 g/mol. The average Bonchev–Trinajstić information content (AvgIpc) is 3.19. The minimum Gasteiger partial charge on any atom is -0.497 e. The monoisotopic (exact) mass is 649 g/mol. The maximum Gasteiger partial charge on any atom is 0.509 e. The van der Waals surface area contributed by atoms with Crippen molar-refractivity contribution in [1.29, 1.82) is 0 Å². The standard InChI is InChI=1S/C33H51N3O10/c1-31(2,3)44-28(38)35-18-16-22(35)15-17-34-27(37)43-26-24(19-21-11-13-23(41-10)14-12-21)36(29(39)45-32(4,5)6)20-25(26)42-30(40)46-33(7,8)9/h11-14,22,24-26H,15-20H2,1-10H3,(H,34,37)/t22-,24-,25+,26+/m1/s1. The van der Waals surface area contributed by atoms with Gasteiger partial charge in [-0.15, -0.1) is 0 Å². The molecule has 1 aromatic rings. The second-order valence-electron chi connectivity index (χ2n) is 14.6. The van der Waals surface area contributed by atoms with Crippen molar-refractivity contribution >= 4 is 24.4 Å². The number of hydrogen-bond donors (Lipinski definition) is 1. The molecule has 1 aromatic carbocycles. The number of rotatable bonds is 8. The van der Waals surface area contributed by atoms with Crippen molar-refractivity contribution in [3.63, 3.8) is 0 Å². The molecule has 4 atom stereocenters. The molecule has 2 aliphatic heterocycles. The van der Waals surface area contributed by atoms with Crippen LogP contribution in [0, 0.1) is 0 Å². The molecule has 0 aromatic heterocycles. The Hall–Kier alpha value is -3.90. The van der Waals surface area contributed by atoms with Gasteiger partial charge in [-0.1, -0.05) is 12.1 Å². The van der Waals surface area contributed by atoms with Crippen molar-refractivity contribution in [2.45, 2.75) is 123 Å². The minimum atomic E-state index is -1.05. The van der Waals surface area contributed by atoms with E-state index in [-0.39, 0.29) is 31.6 Å². The number of nitrogens with zero attached hydrogens (tertiary/aromatic N) is 2. The molecule has 3 rings (SSSR count). The number of carbonyl (C=O) groups excluding carboxylic acids is 4. The number of ether oxygens (including phenoxy) is 6. The Bertz CT molecular complexity index is 1220. The molecular weight excluding hydrogens is 598 g/mol. The lowest BCUT2D eigenvalue weighted by atomic mass is 10.0. The molecule has 1 N–H and O–H groups in total. The second kappa shape index (κ2) is 14.7. The van der Waals surface area contributed by atoms with E-state index in [4.69, 9.17) is 28.4 Å². The van der Waals surface area contributed by atoms with Crippen LogP contribution in [0.2, 0.25) is 0 Å². The van der Waals surface area contributed by atoms with Crippen molar-refractivity contribution in [3.05, 3.63) is 29.8 Å². The van der Waals surface area contributed by atoms with Gasteiger partial charge in [-0.05, 0) is 99.3 Å². The Labute approximate surface area is 272 Å². The molecule has 13 heteroatoms. The van der Waals surface area contributed by atoms with Crippen molar-refractivity contribution in [3.8, 4) is 5.75 Å². The molecule has 0 unspecified atom stereocenters. The number of methoxy groups -OCH3 is 1. The van der Waals surface area contributed by atoms with E-state index in [1.807, 2.05) is 32.9 Å². The number of likely N-dealkylation sites (tertiary alicyclic amines) is 2. The van der Waals surface area contributed by atoms with Crippen LogP contribution < -0.4 is 10.1 Å². The predicted octanol–water partition coefficient (Wildman–Crippen LogP) is 5.67. The van der Waals surface area contributed by atoms with Crippen LogP contribution in [-0.4, -0.2) is 102 Å². The third-order valence-electron chi connectivity index (χ3n) is 7.15. The quantitative estimate of drug-likeness (QED) is 0.276. The molecule has 0 saturated carbocycles. The van der Waals surface area contributed by atoms with Crippen LogP contribution in [0.4, 0.5) is 19.2 Å². The molecule has 2 aliphatic rings. The van der Waals surface area contributed by atoms with Crippen LogP contribution >= 0.6 is 0 Å². The fourth-order valence-electron chi connectivity index (χ4n) is 5.08. The van der Waals surface area contributed by atoms with Crippen molar-refractivity contribution < 1.29 is 47.6 Å². The first-order chi connectivity index (χ1) is 21.2. The van der Waals surface area contributed by atoms with Gasteiger partial charge in [0.1, 0.15) is 22.6 Å². The molecule has 0 bridgehead atoms. The first kappa shape index (κ1) is 36.6. The highest BCUT2D eigenvalue weighted by atomic mass is 16.7. The van der Waals surface area contributed by atoms with E-state index in [1.165, 1.54) is 4.90 Å². The molecule has 2 fully saturated rings. The summed E-state index contributed by atoms with van der Waals surface area (Å²) in [6, 6.07) is 6.47. The van der Waals surface area contributed by atoms with Crippen molar-refractivity contribution in [1.82, 2.24) is 15.1 Å². The van der Waals surface area contributed by atoms with Gasteiger partial charge < -0.3 is 38.6 Å².